The van der Waals surface area contributed by atoms with E-state index < -0.39 is 6.10 Å². The van der Waals surface area contributed by atoms with Crippen LogP contribution in [0, 0.1) is 6.92 Å². The van der Waals surface area contributed by atoms with Crippen molar-refractivity contribution in [3.8, 4) is 0 Å². The molecular formula is C12H12ClNOS. The van der Waals surface area contributed by atoms with Crippen molar-refractivity contribution in [1.29, 1.82) is 0 Å². The molecule has 0 aromatic carbocycles. The van der Waals surface area contributed by atoms with Gasteiger partial charge in [-0.05, 0) is 30.7 Å². The van der Waals surface area contributed by atoms with Gasteiger partial charge >= 0.3 is 0 Å². The minimum Gasteiger partial charge on any atom is -0.386 e. The van der Waals surface area contributed by atoms with Crippen molar-refractivity contribution in [3.05, 3.63) is 50.9 Å². The van der Waals surface area contributed by atoms with Gasteiger partial charge in [-0.3, -0.25) is 4.98 Å². The minimum atomic E-state index is -0.559. The van der Waals surface area contributed by atoms with Crippen molar-refractivity contribution >= 4 is 22.9 Å². The van der Waals surface area contributed by atoms with E-state index in [-0.39, 0.29) is 0 Å². The van der Waals surface area contributed by atoms with Crippen molar-refractivity contribution in [1.82, 2.24) is 4.98 Å². The summed E-state index contributed by atoms with van der Waals surface area (Å²) >= 11 is 7.34. The number of aryl methyl sites for hydroxylation is 1. The van der Waals surface area contributed by atoms with E-state index in [9.17, 15) is 5.11 Å². The number of pyridine rings is 1. The number of aliphatic hydroxyl groups is 1. The number of aromatic nitrogens is 1. The first-order valence-corrected chi connectivity index (χ1v) is 6.20. The molecule has 2 aromatic rings. The molecule has 2 aromatic heterocycles. The fraction of sp³-hybridized carbons (Fsp3) is 0.250. The van der Waals surface area contributed by atoms with E-state index in [0.717, 1.165) is 20.5 Å². The lowest BCUT2D eigenvalue weighted by atomic mass is 10.1. The molecule has 0 radical (unpaired) electrons. The molecule has 84 valence electrons. The Balaban J connectivity index is 2.14. The summed E-state index contributed by atoms with van der Waals surface area (Å²) < 4.78 is 0.750. The molecule has 0 saturated carbocycles. The van der Waals surface area contributed by atoms with Crippen LogP contribution in [0.4, 0.5) is 0 Å². The molecule has 1 N–H and O–H groups in total. The monoisotopic (exact) mass is 253 g/mol. The van der Waals surface area contributed by atoms with Crippen LogP contribution in [-0.4, -0.2) is 10.1 Å². The summed E-state index contributed by atoms with van der Waals surface area (Å²) in [6.07, 6.45) is 1.71. The third-order valence-electron chi connectivity index (χ3n) is 2.39. The van der Waals surface area contributed by atoms with E-state index >= 15 is 0 Å². The molecule has 2 nitrogen and oxygen atoms in total. The highest BCUT2D eigenvalue weighted by Crippen LogP contribution is 2.26. The van der Waals surface area contributed by atoms with E-state index in [2.05, 4.69) is 4.98 Å². The van der Waals surface area contributed by atoms with Gasteiger partial charge in [0.05, 0.1) is 10.0 Å². The number of aliphatic hydroxyl groups excluding tert-OH is 1. The lowest BCUT2D eigenvalue weighted by Gasteiger charge is -2.10. The molecule has 0 amide bonds. The zero-order chi connectivity index (χ0) is 11.5. The quantitative estimate of drug-likeness (QED) is 0.910. The van der Waals surface area contributed by atoms with Crippen LogP contribution in [0.5, 0.6) is 0 Å². The number of thiophene rings is 1. The molecule has 2 rings (SSSR count). The van der Waals surface area contributed by atoms with Gasteiger partial charge in [0.1, 0.15) is 6.10 Å². The number of hydrogen-bond acceptors (Lipinski definition) is 3. The Hall–Kier alpha value is -0.900. The second-order valence-corrected chi connectivity index (χ2v) is 5.43. The Kier molecular flexibility index (Phi) is 3.59. The standard InChI is InChI=1S/C12H12ClNOS/c1-8-3-2-6-14-12(8)10(15)7-9-4-5-11(13)16-9/h2-6,10,15H,7H2,1H3. The highest BCUT2D eigenvalue weighted by atomic mass is 35.5. The molecule has 0 bridgehead atoms. The summed E-state index contributed by atoms with van der Waals surface area (Å²) in [7, 11) is 0. The Morgan fingerprint density at radius 2 is 2.25 bits per heavy atom. The second-order valence-electron chi connectivity index (χ2n) is 3.63. The van der Waals surface area contributed by atoms with Crippen LogP contribution in [0.3, 0.4) is 0 Å². The van der Waals surface area contributed by atoms with Gasteiger partial charge in [-0.15, -0.1) is 11.3 Å². The third kappa shape index (κ3) is 2.61. The lowest BCUT2D eigenvalue weighted by Crippen LogP contribution is -2.05. The maximum absolute atomic E-state index is 10.1. The van der Waals surface area contributed by atoms with Crippen LogP contribution < -0.4 is 0 Å². The van der Waals surface area contributed by atoms with Crippen LogP contribution in [-0.2, 0) is 6.42 Å². The van der Waals surface area contributed by atoms with Crippen LogP contribution in [0.1, 0.15) is 22.2 Å². The van der Waals surface area contributed by atoms with Crippen molar-refractivity contribution < 1.29 is 5.11 Å². The number of hydrogen-bond donors (Lipinski definition) is 1. The second kappa shape index (κ2) is 4.95. The molecule has 1 unspecified atom stereocenters. The highest BCUT2D eigenvalue weighted by Gasteiger charge is 2.13. The summed E-state index contributed by atoms with van der Waals surface area (Å²) in [6, 6.07) is 7.61. The molecule has 0 spiro atoms. The highest BCUT2D eigenvalue weighted by molar-refractivity contribution is 7.16. The molecule has 0 aliphatic heterocycles. The largest absolute Gasteiger partial charge is 0.386 e. The summed E-state index contributed by atoms with van der Waals surface area (Å²) in [4.78, 5) is 5.27. The molecule has 0 saturated heterocycles. The smallest absolute Gasteiger partial charge is 0.101 e. The van der Waals surface area contributed by atoms with E-state index in [0.29, 0.717) is 6.42 Å². The van der Waals surface area contributed by atoms with Gasteiger partial charge in [0.15, 0.2) is 0 Å². The predicted molar refractivity (Wildman–Crippen MR) is 67.0 cm³/mol. The number of nitrogens with zero attached hydrogens (tertiary/aromatic N) is 1. The molecule has 0 aliphatic carbocycles. The van der Waals surface area contributed by atoms with Crippen LogP contribution in [0.15, 0.2) is 30.5 Å². The van der Waals surface area contributed by atoms with Gasteiger partial charge in [0, 0.05) is 17.5 Å². The molecule has 4 heteroatoms. The first-order chi connectivity index (χ1) is 7.66. The average Bonchev–Trinajstić information content (AvgIpc) is 2.64. The zero-order valence-electron chi connectivity index (χ0n) is 8.85. The number of halogens is 1. The van der Waals surface area contributed by atoms with Gasteiger partial charge in [0.25, 0.3) is 0 Å². The summed E-state index contributed by atoms with van der Waals surface area (Å²) in [5.41, 5.74) is 1.75. The fourth-order valence-electron chi connectivity index (χ4n) is 1.60. The van der Waals surface area contributed by atoms with Gasteiger partial charge in [0.2, 0.25) is 0 Å². The fourth-order valence-corrected chi connectivity index (χ4v) is 2.72. The normalized spacial score (nSPS) is 12.7. The van der Waals surface area contributed by atoms with E-state index in [1.165, 1.54) is 11.3 Å². The van der Waals surface area contributed by atoms with Crippen LogP contribution in [0.25, 0.3) is 0 Å². The topological polar surface area (TPSA) is 33.1 Å². The SMILES string of the molecule is Cc1cccnc1C(O)Cc1ccc(Cl)s1. The van der Waals surface area contributed by atoms with E-state index in [1.54, 1.807) is 6.20 Å². The molecular weight excluding hydrogens is 242 g/mol. The molecule has 1 atom stereocenters. The van der Waals surface area contributed by atoms with Crippen LogP contribution in [0.2, 0.25) is 4.34 Å². The van der Waals surface area contributed by atoms with Gasteiger partial charge in [-0.2, -0.15) is 0 Å². The molecule has 2 heterocycles. The minimum absolute atomic E-state index is 0.559. The van der Waals surface area contributed by atoms with Gasteiger partial charge in [-0.1, -0.05) is 17.7 Å². The van der Waals surface area contributed by atoms with Gasteiger partial charge < -0.3 is 5.11 Å². The van der Waals surface area contributed by atoms with Crippen molar-refractivity contribution in [2.24, 2.45) is 0 Å². The summed E-state index contributed by atoms with van der Waals surface area (Å²) in [6.45, 7) is 1.95. The van der Waals surface area contributed by atoms with Crippen molar-refractivity contribution in [3.63, 3.8) is 0 Å². The molecule has 0 fully saturated rings. The van der Waals surface area contributed by atoms with Crippen LogP contribution >= 0.6 is 22.9 Å². The lowest BCUT2D eigenvalue weighted by molar-refractivity contribution is 0.174. The number of rotatable bonds is 3. The first-order valence-electron chi connectivity index (χ1n) is 5.00. The molecule has 0 aliphatic rings. The summed E-state index contributed by atoms with van der Waals surface area (Å²) in [5.74, 6) is 0. The first kappa shape index (κ1) is 11.6. The maximum atomic E-state index is 10.1. The maximum Gasteiger partial charge on any atom is 0.101 e. The zero-order valence-corrected chi connectivity index (χ0v) is 10.4. The Morgan fingerprint density at radius 3 is 2.88 bits per heavy atom. The molecule has 16 heavy (non-hydrogen) atoms. The summed E-state index contributed by atoms with van der Waals surface area (Å²) in [5, 5.41) is 10.1. The Morgan fingerprint density at radius 1 is 1.44 bits per heavy atom. The van der Waals surface area contributed by atoms with Crippen molar-refractivity contribution in [2.45, 2.75) is 19.4 Å². The van der Waals surface area contributed by atoms with E-state index in [4.69, 9.17) is 11.6 Å². The van der Waals surface area contributed by atoms with Gasteiger partial charge in [-0.25, -0.2) is 0 Å². The average molecular weight is 254 g/mol. The third-order valence-corrected chi connectivity index (χ3v) is 3.64. The van der Waals surface area contributed by atoms with Crippen molar-refractivity contribution in [2.75, 3.05) is 0 Å². The Labute approximate surface area is 104 Å². The Bertz CT molecular complexity index is 483. The predicted octanol–water partition coefficient (Wildman–Crippen LogP) is 3.38. The van der Waals surface area contributed by atoms with E-state index in [1.807, 2.05) is 31.2 Å².